The molecule has 1 amide bonds. The minimum atomic E-state index is -3.44. The van der Waals surface area contributed by atoms with Crippen molar-refractivity contribution in [2.24, 2.45) is 0 Å². The molecule has 0 radical (unpaired) electrons. The number of thiocarbonyl (C=S) groups is 1. The van der Waals surface area contributed by atoms with E-state index in [1.54, 1.807) is 12.1 Å². The molecule has 0 aliphatic carbocycles. The van der Waals surface area contributed by atoms with E-state index in [2.05, 4.69) is 10.6 Å². The maximum absolute atomic E-state index is 11.8. The van der Waals surface area contributed by atoms with Crippen LogP contribution in [0.5, 0.6) is 0 Å². The highest BCUT2D eigenvalue weighted by atomic mass is 32.2. The van der Waals surface area contributed by atoms with E-state index in [1.165, 1.54) is 33.2 Å². The molecule has 0 bridgehead atoms. The molecular formula is C11H15N3O3S2. The van der Waals surface area contributed by atoms with Crippen LogP contribution in [0.1, 0.15) is 6.92 Å². The zero-order valence-corrected chi connectivity index (χ0v) is 12.4. The Morgan fingerprint density at radius 1 is 1.21 bits per heavy atom. The van der Waals surface area contributed by atoms with Crippen LogP contribution < -0.4 is 10.6 Å². The largest absolute Gasteiger partial charge is 0.332 e. The van der Waals surface area contributed by atoms with Crippen molar-refractivity contribution < 1.29 is 13.2 Å². The summed E-state index contributed by atoms with van der Waals surface area (Å²) >= 11 is 4.89. The number of carbonyl (C=O) groups excluding carboxylic acids is 1. The summed E-state index contributed by atoms with van der Waals surface area (Å²) < 4.78 is 24.8. The first kappa shape index (κ1) is 15.5. The molecule has 6 nitrogen and oxygen atoms in total. The van der Waals surface area contributed by atoms with Gasteiger partial charge in [-0.2, -0.15) is 0 Å². The third-order valence-corrected chi connectivity index (χ3v) is 4.21. The molecule has 0 unspecified atom stereocenters. The van der Waals surface area contributed by atoms with Crippen molar-refractivity contribution >= 4 is 38.9 Å². The molecule has 0 aliphatic heterocycles. The fraction of sp³-hybridized carbons (Fsp3) is 0.273. The summed E-state index contributed by atoms with van der Waals surface area (Å²) in [4.78, 5) is 11.0. The van der Waals surface area contributed by atoms with Crippen LogP contribution >= 0.6 is 12.2 Å². The van der Waals surface area contributed by atoms with Gasteiger partial charge in [0.05, 0.1) is 4.90 Å². The van der Waals surface area contributed by atoms with Crippen molar-refractivity contribution in [3.05, 3.63) is 24.3 Å². The van der Waals surface area contributed by atoms with Gasteiger partial charge in [-0.05, 0) is 36.5 Å². The first-order valence-corrected chi connectivity index (χ1v) is 7.19. The van der Waals surface area contributed by atoms with Crippen LogP contribution in [0.25, 0.3) is 0 Å². The second-order valence-corrected chi connectivity index (χ2v) is 6.51. The van der Waals surface area contributed by atoms with Crippen LogP contribution in [-0.2, 0) is 14.8 Å². The lowest BCUT2D eigenvalue weighted by atomic mass is 10.3. The summed E-state index contributed by atoms with van der Waals surface area (Å²) in [7, 11) is -0.507. The number of sulfonamides is 1. The molecule has 0 saturated carbocycles. The minimum Gasteiger partial charge on any atom is -0.332 e. The highest BCUT2D eigenvalue weighted by Crippen LogP contribution is 2.16. The smallest absolute Gasteiger partial charge is 0.242 e. The van der Waals surface area contributed by atoms with Crippen molar-refractivity contribution in [1.29, 1.82) is 0 Å². The number of nitrogens with one attached hydrogen (secondary N) is 2. The van der Waals surface area contributed by atoms with Gasteiger partial charge in [0.2, 0.25) is 15.9 Å². The molecule has 0 atom stereocenters. The Morgan fingerprint density at radius 3 is 2.16 bits per heavy atom. The first-order valence-electron chi connectivity index (χ1n) is 5.34. The summed E-state index contributed by atoms with van der Waals surface area (Å²) in [5.41, 5.74) is 0.594. The predicted octanol–water partition coefficient (Wildman–Crippen LogP) is 0.770. The number of amides is 1. The van der Waals surface area contributed by atoms with Crippen LogP contribution in [0.4, 0.5) is 5.69 Å². The number of benzene rings is 1. The third kappa shape index (κ3) is 4.27. The lowest BCUT2D eigenvalue weighted by Crippen LogP contribution is -2.32. The summed E-state index contributed by atoms with van der Waals surface area (Å²) in [6.07, 6.45) is 0. The minimum absolute atomic E-state index is 0.163. The average Bonchev–Trinajstić information content (AvgIpc) is 2.28. The zero-order chi connectivity index (χ0) is 14.6. The van der Waals surface area contributed by atoms with Crippen LogP contribution in [0.3, 0.4) is 0 Å². The summed E-state index contributed by atoms with van der Waals surface area (Å²) in [6.45, 7) is 1.35. The fourth-order valence-electron chi connectivity index (χ4n) is 1.24. The summed E-state index contributed by atoms with van der Waals surface area (Å²) in [6, 6.07) is 6.08. The lowest BCUT2D eigenvalue weighted by Gasteiger charge is -2.12. The molecule has 1 aromatic rings. The van der Waals surface area contributed by atoms with Gasteiger partial charge < -0.3 is 10.6 Å². The maximum atomic E-state index is 11.8. The van der Waals surface area contributed by atoms with Crippen LogP contribution in [-0.4, -0.2) is 37.8 Å². The monoisotopic (exact) mass is 301 g/mol. The molecule has 0 aromatic heterocycles. The van der Waals surface area contributed by atoms with E-state index in [1.807, 2.05) is 0 Å². The standard InChI is InChI=1S/C11H15N3O3S2/c1-8(15)12-11(18)13-9-4-6-10(7-5-9)19(16,17)14(2)3/h4-7H,1-3H3,(H2,12,13,15,18). The van der Waals surface area contributed by atoms with Gasteiger partial charge in [0.1, 0.15) is 0 Å². The Balaban J connectivity index is 2.83. The van der Waals surface area contributed by atoms with Gasteiger partial charge in [-0.3, -0.25) is 4.79 Å². The van der Waals surface area contributed by atoms with Gasteiger partial charge in [-0.15, -0.1) is 0 Å². The van der Waals surface area contributed by atoms with Crippen LogP contribution in [0.2, 0.25) is 0 Å². The van der Waals surface area contributed by atoms with Crippen molar-refractivity contribution in [3.63, 3.8) is 0 Å². The van der Waals surface area contributed by atoms with Gasteiger partial charge in [0.15, 0.2) is 5.11 Å². The fourth-order valence-corrected chi connectivity index (χ4v) is 2.41. The maximum Gasteiger partial charge on any atom is 0.242 e. The van der Waals surface area contributed by atoms with Gasteiger partial charge in [-0.1, -0.05) is 0 Å². The van der Waals surface area contributed by atoms with Crippen molar-refractivity contribution in [2.75, 3.05) is 19.4 Å². The molecule has 0 heterocycles. The number of carbonyl (C=O) groups is 1. The normalized spacial score (nSPS) is 11.2. The zero-order valence-electron chi connectivity index (χ0n) is 10.8. The number of hydrogen-bond donors (Lipinski definition) is 2. The molecule has 19 heavy (non-hydrogen) atoms. The van der Waals surface area contributed by atoms with E-state index in [4.69, 9.17) is 12.2 Å². The second-order valence-electron chi connectivity index (χ2n) is 3.95. The Kier molecular flexibility index (Phi) is 4.98. The molecule has 0 fully saturated rings. The lowest BCUT2D eigenvalue weighted by molar-refractivity contribution is -0.117. The topological polar surface area (TPSA) is 78.5 Å². The quantitative estimate of drug-likeness (QED) is 0.806. The second kappa shape index (κ2) is 6.09. The highest BCUT2D eigenvalue weighted by molar-refractivity contribution is 7.89. The predicted molar refractivity (Wildman–Crippen MR) is 77.4 cm³/mol. The third-order valence-electron chi connectivity index (χ3n) is 2.18. The summed E-state index contributed by atoms with van der Waals surface area (Å²) in [5, 5.41) is 5.34. The molecule has 0 saturated heterocycles. The first-order chi connectivity index (χ1) is 8.73. The molecule has 0 spiro atoms. The van der Waals surface area contributed by atoms with Gasteiger partial charge in [0.25, 0.3) is 0 Å². The Labute approximate surface area is 117 Å². The number of nitrogens with zero attached hydrogens (tertiary/aromatic N) is 1. The van der Waals surface area contributed by atoms with Crippen LogP contribution in [0.15, 0.2) is 29.2 Å². The number of anilines is 1. The Bertz CT molecular complexity index is 580. The van der Waals surface area contributed by atoms with E-state index in [9.17, 15) is 13.2 Å². The van der Waals surface area contributed by atoms with Crippen molar-refractivity contribution in [3.8, 4) is 0 Å². The molecule has 1 aromatic carbocycles. The van der Waals surface area contributed by atoms with E-state index in [-0.39, 0.29) is 15.9 Å². The Morgan fingerprint density at radius 2 is 1.74 bits per heavy atom. The van der Waals surface area contributed by atoms with Crippen LogP contribution in [0, 0.1) is 0 Å². The molecular weight excluding hydrogens is 286 g/mol. The highest BCUT2D eigenvalue weighted by Gasteiger charge is 2.16. The van der Waals surface area contributed by atoms with Crippen molar-refractivity contribution in [2.45, 2.75) is 11.8 Å². The number of hydrogen-bond acceptors (Lipinski definition) is 4. The molecule has 8 heteroatoms. The molecule has 0 aliphatic rings. The average molecular weight is 301 g/mol. The Hall–Kier alpha value is -1.51. The molecule has 104 valence electrons. The van der Waals surface area contributed by atoms with E-state index < -0.39 is 10.0 Å². The van der Waals surface area contributed by atoms with E-state index in [0.717, 1.165) is 4.31 Å². The SMILES string of the molecule is CC(=O)NC(=S)Nc1ccc(S(=O)(=O)N(C)C)cc1. The number of rotatable bonds is 3. The molecule has 1 rings (SSSR count). The summed E-state index contributed by atoms with van der Waals surface area (Å²) in [5.74, 6) is -0.274. The molecule has 2 N–H and O–H groups in total. The van der Waals surface area contributed by atoms with Crippen molar-refractivity contribution in [1.82, 2.24) is 9.62 Å². The van der Waals surface area contributed by atoms with Gasteiger partial charge >= 0.3 is 0 Å². The van der Waals surface area contributed by atoms with E-state index in [0.29, 0.717) is 5.69 Å². The van der Waals surface area contributed by atoms with Gasteiger partial charge in [-0.25, -0.2) is 12.7 Å². The van der Waals surface area contributed by atoms with E-state index >= 15 is 0 Å². The van der Waals surface area contributed by atoms with Gasteiger partial charge in [0, 0.05) is 26.7 Å².